The Hall–Kier alpha value is -2.19. The standard InChI is InChI=1S/C19H25N3O4S/c1-14-6-8-17(9-7-14)27(24,25)22-12-4-3-5-16(22)10-11-20-19(23)18-13-15(2)26-21-18/h6-9,13,16H,3-5,10-12H2,1-2H3,(H,20,23). The topological polar surface area (TPSA) is 92.5 Å². The molecule has 146 valence electrons. The van der Waals surface area contributed by atoms with Gasteiger partial charge < -0.3 is 9.84 Å². The van der Waals surface area contributed by atoms with E-state index in [1.807, 2.05) is 19.1 Å². The van der Waals surface area contributed by atoms with Gasteiger partial charge in [-0.3, -0.25) is 4.79 Å². The van der Waals surface area contributed by atoms with Crippen molar-refractivity contribution in [1.82, 2.24) is 14.8 Å². The molecule has 7 nitrogen and oxygen atoms in total. The SMILES string of the molecule is Cc1ccc(S(=O)(=O)N2CCCCC2CCNC(=O)c2cc(C)on2)cc1. The highest BCUT2D eigenvalue weighted by atomic mass is 32.2. The van der Waals surface area contributed by atoms with Crippen LogP contribution in [0.5, 0.6) is 0 Å². The summed E-state index contributed by atoms with van der Waals surface area (Å²) in [5.41, 5.74) is 1.26. The van der Waals surface area contributed by atoms with Gasteiger partial charge in [0.05, 0.1) is 4.90 Å². The molecule has 1 aromatic carbocycles. The van der Waals surface area contributed by atoms with E-state index in [2.05, 4.69) is 10.5 Å². The van der Waals surface area contributed by atoms with E-state index >= 15 is 0 Å². The molecule has 0 radical (unpaired) electrons. The summed E-state index contributed by atoms with van der Waals surface area (Å²) in [4.78, 5) is 12.4. The number of hydrogen-bond acceptors (Lipinski definition) is 5. The number of nitrogens with one attached hydrogen (secondary N) is 1. The monoisotopic (exact) mass is 391 g/mol. The Balaban J connectivity index is 1.64. The fourth-order valence-corrected chi connectivity index (χ4v) is 5.06. The molecule has 1 unspecified atom stereocenters. The number of aryl methyl sites for hydroxylation is 2. The van der Waals surface area contributed by atoms with Crippen LogP contribution in [0.3, 0.4) is 0 Å². The van der Waals surface area contributed by atoms with Crippen LogP contribution >= 0.6 is 0 Å². The molecule has 27 heavy (non-hydrogen) atoms. The van der Waals surface area contributed by atoms with Crippen LogP contribution in [0.2, 0.25) is 0 Å². The third kappa shape index (κ3) is 4.56. The second-order valence-corrected chi connectivity index (χ2v) is 8.84. The highest BCUT2D eigenvalue weighted by Crippen LogP contribution is 2.27. The number of piperidine rings is 1. The van der Waals surface area contributed by atoms with Crippen LogP contribution in [-0.2, 0) is 10.0 Å². The van der Waals surface area contributed by atoms with Crippen molar-refractivity contribution in [1.29, 1.82) is 0 Å². The van der Waals surface area contributed by atoms with Gasteiger partial charge >= 0.3 is 0 Å². The zero-order valence-corrected chi connectivity index (χ0v) is 16.5. The molecule has 1 fully saturated rings. The zero-order chi connectivity index (χ0) is 19.4. The van der Waals surface area contributed by atoms with Crippen molar-refractivity contribution in [3.05, 3.63) is 47.3 Å². The second-order valence-electron chi connectivity index (χ2n) is 6.95. The van der Waals surface area contributed by atoms with Crippen molar-refractivity contribution in [2.24, 2.45) is 0 Å². The average molecular weight is 391 g/mol. The lowest BCUT2D eigenvalue weighted by Crippen LogP contribution is -2.45. The molecular weight excluding hydrogens is 366 g/mol. The van der Waals surface area contributed by atoms with Crippen LogP contribution < -0.4 is 5.32 Å². The lowest BCUT2D eigenvalue weighted by molar-refractivity contribution is 0.0940. The van der Waals surface area contributed by atoms with E-state index in [1.165, 1.54) is 0 Å². The van der Waals surface area contributed by atoms with E-state index < -0.39 is 10.0 Å². The Kier molecular flexibility index (Phi) is 5.96. The van der Waals surface area contributed by atoms with Gasteiger partial charge in [0.1, 0.15) is 5.76 Å². The molecule has 1 aromatic heterocycles. The maximum Gasteiger partial charge on any atom is 0.273 e. The molecule has 1 saturated heterocycles. The molecule has 0 saturated carbocycles. The van der Waals surface area contributed by atoms with E-state index in [0.717, 1.165) is 24.8 Å². The minimum atomic E-state index is -3.53. The molecule has 0 aliphatic carbocycles. The number of nitrogens with zero attached hydrogens (tertiary/aromatic N) is 2. The molecule has 1 N–H and O–H groups in total. The second kappa shape index (κ2) is 8.22. The summed E-state index contributed by atoms with van der Waals surface area (Å²) in [5, 5.41) is 6.48. The predicted octanol–water partition coefficient (Wildman–Crippen LogP) is 2.65. The summed E-state index contributed by atoms with van der Waals surface area (Å²) in [6.45, 7) is 4.55. The van der Waals surface area contributed by atoms with Crippen molar-refractivity contribution in [3.8, 4) is 0 Å². The van der Waals surface area contributed by atoms with Gasteiger partial charge in [-0.15, -0.1) is 0 Å². The highest BCUT2D eigenvalue weighted by molar-refractivity contribution is 7.89. The Labute approximate surface area is 159 Å². The highest BCUT2D eigenvalue weighted by Gasteiger charge is 2.33. The number of benzene rings is 1. The lowest BCUT2D eigenvalue weighted by atomic mass is 10.0. The van der Waals surface area contributed by atoms with Gasteiger partial charge in [-0.25, -0.2) is 8.42 Å². The summed E-state index contributed by atoms with van der Waals surface area (Å²) >= 11 is 0. The Morgan fingerprint density at radius 2 is 2.00 bits per heavy atom. The number of amides is 1. The van der Waals surface area contributed by atoms with Gasteiger partial charge in [0.25, 0.3) is 5.91 Å². The number of sulfonamides is 1. The first-order valence-corrected chi connectivity index (χ1v) is 10.6. The van der Waals surface area contributed by atoms with Crippen LogP contribution in [0.4, 0.5) is 0 Å². The van der Waals surface area contributed by atoms with Gasteiger partial charge in [0.2, 0.25) is 10.0 Å². The number of carbonyl (C=O) groups excluding carboxylic acids is 1. The fraction of sp³-hybridized carbons (Fsp3) is 0.474. The summed E-state index contributed by atoms with van der Waals surface area (Å²) < 4.78 is 32.6. The first-order valence-electron chi connectivity index (χ1n) is 9.18. The third-order valence-corrected chi connectivity index (χ3v) is 6.79. The van der Waals surface area contributed by atoms with Crippen LogP contribution in [0.15, 0.2) is 39.8 Å². The molecule has 0 bridgehead atoms. The predicted molar refractivity (Wildman–Crippen MR) is 101 cm³/mol. The molecule has 1 aliphatic heterocycles. The molecule has 0 spiro atoms. The summed E-state index contributed by atoms with van der Waals surface area (Å²) in [5.74, 6) is 0.262. The van der Waals surface area contributed by atoms with Gasteiger partial charge in [0.15, 0.2) is 5.69 Å². The number of hydrogen-bond donors (Lipinski definition) is 1. The summed E-state index contributed by atoms with van der Waals surface area (Å²) in [6.07, 6.45) is 3.20. The molecule has 1 atom stereocenters. The van der Waals surface area contributed by atoms with Gasteiger partial charge in [-0.1, -0.05) is 29.3 Å². The number of rotatable bonds is 6. The van der Waals surface area contributed by atoms with Crippen molar-refractivity contribution >= 4 is 15.9 Å². The molecule has 1 aliphatic rings. The minimum absolute atomic E-state index is 0.121. The first kappa shape index (κ1) is 19.6. The normalized spacial score (nSPS) is 18.4. The maximum absolute atomic E-state index is 13.0. The zero-order valence-electron chi connectivity index (χ0n) is 15.6. The largest absolute Gasteiger partial charge is 0.361 e. The van der Waals surface area contributed by atoms with E-state index in [4.69, 9.17) is 4.52 Å². The molecule has 2 heterocycles. The number of aromatic nitrogens is 1. The van der Waals surface area contributed by atoms with E-state index in [0.29, 0.717) is 30.2 Å². The van der Waals surface area contributed by atoms with Crippen molar-refractivity contribution in [2.45, 2.75) is 50.5 Å². The average Bonchev–Trinajstić information content (AvgIpc) is 3.09. The van der Waals surface area contributed by atoms with E-state index in [-0.39, 0.29) is 17.6 Å². The molecule has 2 aromatic rings. The van der Waals surface area contributed by atoms with Crippen LogP contribution in [0.25, 0.3) is 0 Å². The van der Waals surface area contributed by atoms with Crippen molar-refractivity contribution in [2.75, 3.05) is 13.1 Å². The van der Waals surface area contributed by atoms with Crippen molar-refractivity contribution < 1.29 is 17.7 Å². The third-order valence-electron chi connectivity index (χ3n) is 4.82. The van der Waals surface area contributed by atoms with E-state index in [9.17, 15) is 13.2 Å². The Bertz CT molecular complexity index is 890. The van der Waals surface area contributed by atoms with E-state index in [1.54, 1.807) is 29.4 Å². The van der Waals surface area contributed by atoms with Gasteiger partial charge in [-0.2, -0.15) is 4.31 Å². The fourth-order valence-electron chi connectivity index (χ4n) is 3.34. The van der Waals surface area contributed by atoms with Gasteiger partial charge in [-0.05, 0) is 45.2 Å². The molecular formula is C19H25N3O4S. The molecule has 3 rings (SSSR count). The van der Waals surface area contributed by atoms with Gasteiger partial charge in [0, 0.05) is 25.2 Å². The first-order chi connectivity index (χ1) is 12.9. The van der Waals surface area contributed by atoms with Crippen molar-refractivity contribution in [3.63, 3.8) is 0 Å². The lowest BCUT2D eigenvalue weighted by Gasteiger charge is -2.34. The minimum Gasteiger partial charge on any atom is -0.361 e. The Morgan fingerprint density at radius 1 is 1.26 bits per heavy atom. The smallest absolute Gasteiger partial charge is 0.273 e. The molecule has 8 heteroatoms. The molecule has 1 amide bonds. The maximum atomic E-state index is 13.0. The Morgan fingerprint density at radius 3 is 2.67 bits per heavy atom. The summed E-state index contributed by atoms with van der Waals surface area (Å²) in [6, 6.07) is 8.39. The van der Waals surface area contributed by atoms with Crippen LogP contribution in [-0.4, -0.2) is 42.9 Å². The number of carbonyl (C=O) groups is 1. The van der Waals surface area contributed by atoms with Crippen LogP contribution in [0, 0.1) is 13.8 Å². The van der Waals surface area contributed by atoms with Crippen LogP contribution in [0.1, 0.15) is 47.5 Å². The quantitative estimate of drug-likeness (QED) is 0.817. The summed E-state index contributed by atoms with van der Waals surface area (Å²) in [7, 11) is -3.53.